The monoisotopic (exact) mass is 356 g/mol. The zero-order valence-corrected chi connectivity index (χ0v) is 14.1. The summed E-state index contributed by atoms with van der Waals surface area (Å²) in [4.78, 5) is 18.3. The Labute approximate surface area is 146 Å². The molecule has 2 fully saturated rings. The molecule has 1 spiro atoms. The van der Waals surface area contributed by atoms with Gasteiger partial charge < -0.3 is 10.1 Å². The first kappa shape index (κ1) is 14.7. The van der Waals surface area contributed by atoms with E-state index < -0.39 is 29.1 Å². The molecular formula is C17H13FN4O2S. The predicted molar refractivity (Wildman–Crippen MR) is 88.8 cm³/mol. The van der Waals surface area contributed by atoms with Crippen molar-refractivity contribution in [3.05, 3.63) is 40.7 Å². The maximum Gasteiger partial charge on any atom is 0.417 e. The molecule has 126 valence electrons. The molecule has 6 nitrogen and oxygen atoms in total. The van der Waals surface area contributed by atoms with Crippen LogP contribution in [0.25, 0.3) is 0 Å². The number of amides is 1. The van der Waals surface area contributed by atoms with Crippen molar-refractivity contribution >= 4 is 28.2 Å². The van der Waals surface area contributed by atoms with Crippen LogP contribution in [0.15, 0.2) is 23.6 Å². The standard InChI is InChI=1S/C17H13FN4O2S/c1-9-17(13-7-25-14(20-13)21-17)24-15(23)22(9)10-2-3-11(12(18)6-10)16(8-19)4-5-16/h2-3,6-7,9H,4-5H2,1H3,(H,20,21)/t9?,17-/m0/s1. The molecule has 2 aromatic rings. The third-order valence-electron chi connectivity index (χ3n) is 5.31. The Morgan fingerprint density at radius 2 is 2.32 bits per heavy atom. The summed E-state index contributed by atoms with van der Waals surface area (Å²) in [5.41, 5.74) is -0.250. The minimum atomic E-state index is -1.02. The number of carbonyl (C=O) groups is 1. The van der Waals surface area contributed by atoms with Crippen molar-refractivity contribution in [3.8, 4) is 6.07 Å². The zero-order valence-electron chi connectivity index (χ0n) is 13.2. The first-order chi connectivity index (χ1) is 12.0. The Bertz CT molecular complexity index is 964. The lowest BCUT2D eigenvalue weighted by atomic mass is 9.96. The van der Waals surface area contributed by atoms with E-state index in [1.165, 1.54) is 22.3 Å². The molecule has 1 aliphatic carbocycles. The van der Waals surface area contributed by atoms with E-state index in [0.717, 1.165) is 0 Å². The molecule has 1 aromatic heterocycles. The molecule has 1 saturated carbocycles. The molecule has 1 aromatic carbocycles. The number of rotatable bonds is 2. The molecule has 1 saturated heterocycles. The van der Waals surface area contributed by atoms with E-state index in [9.17, 15) is 14.4 Å². The number of nitriles is 1. The lowest BCUT2D eigenvalue weighted by Gasteiger charge is -2.29. The van der Waals surface area contributed by atoms with Gasteiger partial charge in [-0.2, -0.15) is 5.26 Å². The lowest BCUT2D eigenvalue weighted by molar-refractivity contribution is 0.0634. The van der Waals surface area contributed by atoms with Crippen LogP contribution in [0.4, 0.5) is 20.0 Å². The first-order valence-electron chi connectivity index (χ1n) is 7.97. The van der Waals surface area contributed by atoms with Crippen LogP contribution >= 0.6 is 11.3 Å². The molecular weight excluding hydrogens is 343 g/mol. The lowest BCUT2D eigenvalue weighted by Crippen LogP contribution is -2.45. The van der Waals surface area contributed by atoms with Crippen molar-refractivity contribution < 1.29 is 13.9 Å². The Morgan fingerprint density at radius 1 is 1.52 bits per heavy atom. The average molecular weight is 356 g/mol. The van der Waals surface area contributed by atoms with Crippen molar-refractivity contribution in [2.24, 2.45) is 0 Å². The van der Waals surface area contributed by atoms with Gasteiger partial charge >= 0.3 is 6.09 Å². The SMILES string of the molecule is CC1N(c2ccc(C3(C#N)CC3)c(F)c2)C(=O)O[C@@]12Nc1nc2cs1. The third-order valence-corrected chi connectivity index (χ3v) is 6.07. The predicted octanol–water partition coefficient (Wildman–Crippen LogP) is 3.46. The van der Waals surface area contributed by atoms with Gasteiger partial charge in [0.05, 0.1) is 17.2 Å². The van der Waals surface area contributed by atoms with Crippen LogP contribution in [0.2, 0.25) is 0 Å². The molecule has 1 unspecified atom stereocenters. The van der Waals surface area contributed by atoms with Crippen molar-refractivity contribution in [1.29, 1.82) is 5.26 Å². The van der Waals surface area contributed by atoms with Gasteiger partial charge in [-0.15, -0.1) is 11.3 Å². The van der Waals surface area contributed by atoms with Gasteiger partial charge in [0, 0.05) is 10.9 Å². The van der Waals surface area contributed by atoms with E-state index >= 15 is 0 Å². The van der Waals surface area contributed by atoms with Gasteiger partial charge in [-0.3, -0.25) is 4.90 Å². The van der Waals surface area contributed by atoms with Crippen LogP contribution in [0.5, 0.6) is 0 Å². The topological polar surface area (TPSA) is 78.2 Å². The zero-order chi connectivity index (χ0) is 17.4. The summed E-state index contributed by atoms with van der Waals surface area (Å²) >= 11 is 1.45. The van der Waals surface area contributed by atoms with Gasteiger partial charge in [-0.1, -0.05) is 6.07 Å². The van der Waals surface area contributed by atoms with Crippen LogP contribution in [0, 0.1) is 17.1 Å². The van der Waals surface area contributed by atoms with Gasteiger partial charge in [-0.05, 0) is 31.9 Å². The highest BCUT2D eigenvalue weighted by molar-refractivity contribution is 7.14. The second kappa shape index (κ2) is 4.49. The first-order valence-corrected chi connectivity index (χ1v) is 8.85. The molecule has 2 aliphatic heterocycles. The highest BCUT2D eigenvalue weighted by Crippen LogP contribution is 2.50. The number of aromatic nitrogens is 1. The molecule has 3 aliphatic rings. The van der Waals surface area contributed by atoms with E-state index in [4.69, 9.17) is 4.74 Å². The summed E-state index contributed by atoms with van der Waals surface area (Å²) in [6.07, 6.45) is 0.782. The van der Waals surface area contributed by atoms with Crippen molar-refractivity contribution in [1.82, 2.24) is 4.98 Å². The van der Waals surface area contributed by atoms with E-state index in [1.54, 1.807) is 12.1 Å². The third kappa shape index (κ3) is 1.76. The number of carbonyl (C=O) groups excluding carboxylic acids is 1. The fourth-order valence-corrected chi connectivity index (χ4v) is 4.48. The minimum Gasteiger partial charge on any atom is -0.414 e. The molecule has 25 heavy (non-hydrogen) atoms. The van der Waals surface area contributed by atoms with Gasteiger partial charge in [0.15, 0.2) is 5.13 Å². The van der Waals surface area contributed by atoms with Gasteiger partial charge in [0.2, 0.25) is 0 Å². The summed E-state index contributed by atoms with van der Waals surface area (Å²) in [6.45, 7) is 1.84. The number of fused-ring (bicyclic) bond motifs is 3. The quantitative estimate of drug-likeness (QED) is 0.891. The summed E-state index contributed by atoms with van der Waals surface area (Å²) in [7, 11) is 0. The van der Waals surface area contributed by atoms with E-state index in [1.807, 2.05) is 12.3 Å². The summed E-state index contributed by atoms with van der Waals surface area (Å²) in [6, 6.07) is 6.38. The maximum absolute atomic E-state index is 14.6. The number of halogens is 1. The highest BCUT2D eigenvalue weighted by atomic mass is 32.1. The van der Waals surface area contributed by atoms with Crippen LogP contribution in [-0.4, -0.2) is 17.1 Å². The van der Waals surface area contributed by atoms with Gasteiger partial charge in [0.25, 0.3) is 5.72 Å². The van der Waals surface area contributed by atoms with E-state index in [0.29, 0.717) is 34.9 Å². The molecule has 0 radical (unpaired) electrons. The molecule has 3 heterocycles. The Kier molecular flexibility index (Phi) is 2.63. The Morgan fingerprint density at radius 3 is 2.88 bits per heavy atom. The highest BCUT2D eigenvalue weighted by Gasteiger charge is 2.58. The molecule has 1 amide bonds. The fourth-order valence-electron chi connectivity index (χ4n) is 3.67. The summed E-state index contributed by atoms with van der Waals surface area (Å²) in [5.74, 6) is -0.466. The average Bonchev–Trinajstić information content (AvgIpc) is 3.01. The number of hydrogen-bond acceptors (Lipinski definition) is 6. The Balaban J connectivity index is 1.52. The number of nitrogens with zero attached hydrogens (tertiary/aromatic N) is 3. The smallest absolute Gasteiger partial charge is 0.414 e. The van der Waals surface area contributed by atoms with Gasteiger partial charge in [0.1, 0.15) is 17.6 Å². The van der Waals surface area contributed by atoms with Crippen molar-refractivity contribution in [3.63, 3.8) is 0 Å². The van der Waals surface area contributed by atoms with Crippen molar-refractivity contribution in [2.75, 3.05) is 10.2 Å². The van der Waals surface area contributed by atoms with E-state index in [-0.39, 0.29) is 0 Å². The van der Waals surface area contributed by atoms with Gasteiger partial charge in [-0.25, -0.2) is 14.2 Å². The number of ether oxygens (including phenoxy) is 1. The largest absolute Gasteiger partial charge is 0.417 e. The minimum absolute atomic E-state index is 0.399. The van der Waals surface area contributed by atoms with Crippen molar-refractivity contribution in [2.45, 2.75) is 36.9 Å². The second-order valence-electron chi connectivity index (χ2n) is 6.67. The maximum atomic E-state index is 14.6. The van der Waals surface area contributed by atoms with Crippen LogP contribution < -0.4 is 10.2 Å². The van der Waals surface area contributed by atoms with Crippen LogP contribution in [-0.2, 0) is 15.9 Å². The van der Waals surface area contributed by atoms with Crippen LogP contribution in [0.3, 0.4) is 0 Å². The second-order valence-corrected chi connectivity index (χ2v) is 7.53. The molecule has 2 bridgehead atoms. The fraction of sp³-hybridized carbons (Fsp3) is 0.353. The molecule has 1 N–H and O–H groups in total. The van der Waals surface area contributed by atoms with E-state index in [2.05, 4.69) is 16.4 Å². The summed E-state index contributed by atoms with van der Waals surface area (Å²) in [5, 5.41) is 15.0. The number of thiazole rings is 1. The molecule has 8 heteroatoms. The molecule has 5 rings (SSSR count). The molecule has 2 atom stereocenters. The number of anilines is 2. The summed E-state index contributed by atoms with van der Waals surface area (Å²) < 4.78 is 20.2. The number of benzene rings is 1. The normalized spacial score (nSPS) is 28.0. The number of nitrogens with one attached hydrogen (secondary N) is 1. The van der Waals surface area contributed by atoms with Crippen LogP contribution in [0.1, 0.15) is 31.0 Å². The Hall–Kier alpha value is -2.66. The number of hydrogen-bond donors (Lipinski definition) is 1.